The van der Waals surface area contributed by atoms with Crippen molar-refractivity contribution in [3.8, 4) is 0 Å². The number of urea groups is 1. The molecule has 0 bridgehead atoms. The number of carbonyl (C=O) groups excluding carboxylic acids is 6. The van der Waals surface area contributed by atoms with Gasteiger partial charge in [-0.25, -0.2) is 9.59 Å². The molecule has 2 aliphatic carbocycles. The summed E-state index contributed by atoms with van der Waals surface area (Å²) in [6.07, 6.45) is 2.43. The zero-order valence-electron chi connectivity index (χ0n) is 29.6. The van der Waals surface area contributed by atoms with Crippen LogP contribution in [-0.4, -0.2) is 70.6 Å². The average molecular weight is 668 g/mol. The van der Waals surface area contributed by atoms with Gasteiger partial charge in [0.2, 0.25) is 17.6 Å². The lowest BCUT2D eigenvalue weighted by Crippen LogP contribution is -2.63. The summed E-state index contributed by atoms with van der Waals surface area (Å²) in [6.45, 7) is 15.3. The van der Waals surface area contributed by atoms with Gasteiger partial charge < -0.3 is 31.3 Å². The number of rotatable bonds is 14. The van der Waals surface area contributed by atoms with E-state index in [1.807, 2.05) is 78.8 Å². The average Bonchev–Trinajstić information content (AvgIpc) is 3.84. The number of ether oxygens (including phenoxy) is 1. The molecule has 264 valence electrons. The van der Waals surface area contributed by atoms with E-state index < -0.39 is 64.6 Å². The third-order valence-corrected chi connectivity index (χ3v) is 10.2. The number of hydrogen-bond acceptors (Lipinski definition) is 7. The van der Waals surface area contributed by atoms with E-state index in [2.05, 4.69) is 16.0 Å². The minimum absolute atomic E-state index is 0.0313. The van der Waals surface area contributed by atoms with Crippen LogP contribution in [0.15, 0.2) is 30.3 Å². The Morgan fingerprint density at radius 2 is 1.62 bits per heavy atom. The first-order chi connectivity index (χ1) is 22.3. The van der Waals surface area contributed by atoms with E-state index in [0.29, 0.717) is 19.4 Å². The number of likely N-dealkylation sites (tertiary alicyclic amines) is 1. The van der Waals surface area contributed by atoms with Gasteiger partial charge in [0, 0.05) is 6.54 Å². The number of Topliss-reactive ketones (excluding diaryl/α,β-unsaturated/α-hetero) is 1. The summed E-state index contributed by atoms with van der Waals surface area (Å²) in [5, 5.41) is 8.36. The van der Waals surface area contributed by atoms with Crippen LogP contribution >= 0.6 is 0 Å². The number of nitrogens with one attached hydrogen (secondary N) is 3. The molecule has 3 aliphatic rings. The quantitative estimate of drug-likeness (QED) is 0.174. The Bertz CT molecular complexity index is 1420. The fourth-order valence-electron chi connectivity index (χ4n) is 7.28. The molecule has 48 heavy (non-hydrogen) atoms. The number of fused-ring (bicyclic) bond motifs is 1. The number of carbonyl (C=O) groups is 6. The van der Waals surface area contributed by atoms with Crippen molar-refractivity contribution < 1.29 is 33.5 Å². The first-order valence-electron chi connectivity index (χ1n) is 17.0. The molecule has 5 amide bonds. The molecule has 3 fully saturated rings. The molecule has 6 atom stereocenters. The van der Waals surface area contributed by atoms with Gasteiger partial charge in [-0.05, 0) is 59.8 Å². The summed E-state index contributed by atoms with van der Waals surface area (Å²) in [7, 11) is 0. The van der Waals surface area contributed by atoms with E-state index in [4.69, 9.17) is 10.5 Å². The fourth-order valence-corrected chi connectivity index (χ4v) is 7.28. The van der Waals surface area contributed by atoms with E-state index in [-0.39, 0.29) is 35.7 Å². The van der Waals surface area contributed by atoms with Crippen molar-refractivity contribution >= 4 is 35.5 Å². The van der Waals surface area contributed by atoms with Crippen molar-refractivity contribution in [3.05, 3.63) is 35.9 Å². The Kier molecular flexibility index (Phi) is 10.7. The van der Waals surface area contributed by atoms with E-state index in [9.17, 15) is 28.8 Å². The number of nitrogens with two attached hydrogens (primary N) is 1. The number of nitrogens with zero attached hydrogens (tertiary/aromatic N) is 1. The molecule has 1 heterocycles. The van der Waals surface area contributed by atoms with Crippen molar-refractivity contribution in [2.24, 2.45) is 40.2 Å². The van der Waals surface area contributed by atoms with E-state index in [1.54, 1.807) is 6.92 Å². The van der Waals surface area contributed by atoms with Gasteiger partial charge >= 0.3 is 12.0 Å². The van der Waals surface area contributed by atoms with E-state index >= 15 is 0 Å². The maximum atomic E-state index is 14.3. The number of benzene rings is 1. The number of ketones is 1. The third kappa shape index (κ3) is 8.36. The Labute approximate surface area is 283 Å². The Morgan fingerprint density at radius 1 is 1.00 bits per heavy atom. The molecule has 1 aromatic rings. The second-order valence-corrected chi connectivity index (χ2v) is 16.2. The monoisotopic (exact) mass is 667 g/mol. The highest BCUT2D eigenvalue weighted by atomic mass is 16.5. The Balaban J connectivity index is 1.51. The number of piperidine rings is 1. The van der Waals surface area contributed by atoms with Gasteiger partial charge in [0.25, 0.3) is 5.91 Å². The molecule has 1 aliphatic heterocycles. The van der Waals surface area contributed by atoms with Crippen LogP contribution < -0.4 is 21.7 Å². The van der Waals surface area contributed by atoms with Crippen molar-refractivity contribution in [1.29, 1.82) is 0 Å². The highest BCUT2D eigenvalue weighted by Gasteiger charge is 2.70. The second kappa shape index (κ2) is 13.9. The SMILES string of the molecule is CC(C)CC(C)(NC(=O)N[C@H](C(=O)N1C[C@H]2[C@@H]([C@H]1C(=O)NC(CC1CC1)C(=O)C(N)=O)C2(C)C)C(C)(C)C)C(=O)OCc1ccccc1. The standard InChI is InChI=1S/C36H53N5O7/c1-20(2)17-36(8,32(46)48-19-22-12-10-9-11-13-22)40-33(47)39-28(34(3,4)5)31(45)41-18-23-25(35(23,6)7)26(41)30(44)38-24(16-21-14-15-21)27(42)29(37)43/h9-13,20-21,23-26,28H,14-19H2,1-8H3,(H2,37,43)(H,38,44)(H2,39,40,47)/t23-,24?,25-,26-,28+,36?/m0/s1. The molecule has 2 unspecified atom stereocenters. The summed E-state index contributed by atoms with van der Waals surface area (Å²) >= 11 is 0. The van der Waals surface area contributed by atoms with Crippen LogP contribution in [-0.2, 0) is 35.3 Å². The molecule has 1 saturated heterocycles. The molecular formula is C36H53N5O7. The molecule has 1 aromatic carbocycles. The summed E-state index contributed by atoms with van der Waals surface area (Å²) < 4.78 is 5.61. The summed E-state index contributed by atoms with van der Waals surface area (Å²) in [6, 6.07) is 5.51. The molecule has 12 heteroatoms. The van der Waals surface area contributed by atoms with Gasteiger partial charge in [-0.1, -0.05) is 91.6 Å². The zero-order valence-corrected chi connectivity index (χ0v) is 29.6. The van der Waals surface area contributed by atoms with E-state index in [1.165, 1.54) is 4.90 Å². The van der Waals surface area contributed by atoms with Crippen molar-refractivity contribution in [1.82, 2.24) is 20.9 Å². The largest absolute Gasteiger partial charge is 0.459 e. The number of esters is 1. The van der Waals surface area contributed by atoms with Crippen LogP contribution in [0.5, 0.6) is 0 Å². The Morgan fingerprint density at radius 3 is 2.17 bits per heavy atom. The van der Waals surface area contributed by atoms with Crippen LogP contribution in [0.1, 0.15) is 86.6 Å². The van der Waals surface area contributed by atoms with Gasteiger partial charge in [0.1, 0.15) is 24.2 Å². The number of primary amides is 1. The normalized spacial score (nSPS) is 23.6. The lowest BCUT2D eigenvalue weighted by Gasteiger charge is -2.38. The topological polar surface area (TPSA) is 177 Å². The fraction of sp³-hybridized carbons (Fsp3) is 0.667. The minimum Gasteiger partial charge on any atom is -0.459 e. The molecule has 5 N–H and O–H groups in total. The molecule has 12 nitrogen and oxygen atoms in total. The summed E-state index contributed by atoms with van der Waals surface area (Å²) in [4.78, 5) is 81.1. The van der Waals surface area contributed by atoms with Crippen LogP contribution in [0.4, 0.5) is 4.79 Å². The highest BCUT2D eigenvalue weighted by molar-refractivity contribution is 6.37. The highest BCUT2D eigenvalue weighted by Crippen LogP contribution is 2.65. The Hall–Kier alpha value is -3.96. The van der Waals surface area contributed by atoms with E-state index in [0.717, 1.165) is 18.4 Å². The zero-order chi connectivity index (χ0) is 35.8. The van der Waals surface area contributed by atoms with Crippen LogP contribution in [0.25, 0.3) is 0 Å². The van der Waals surface area contributed by atoms with Crippen molar-refractivity contribution in [2.45, 2.75) is 111 Å². The number of hydrogen-bond donors (Lipinski definition) is 4. The van der Waals surface area contributed by atoms with Gasteiger partial charge in [-0.2, -0.15) is 0 Å². The van der Waals surface area contributed by atoms with Crippen molar-refractivity contribution in [2.75, 3.05) is 6.54 Å². The first kappa shape index (κ1) is 36.9. The molecule has 4 rings (SSSR count). The maximum absolute atomic E-state index is 14.3. The molecule has 0 aromatic heterocycles. The first-order valence-corrected chi connectivity index (χ1v) is 17.0. The smallest absolute Gasteiger partial charge is 0.331 e. The van der Waals surface area contributed by atoms with Gasteiger partial charge in [-0.3, -0.25) is 19.2 Å². The minimum atomic E-state index is -1.39. The molecular weight excluding hydrogens is 614 g/mol. The number of amides is 5. The molecule has 0 radical (unpaired) electrons. The molecule has 0 spiro atoms. The van der Waals surface area contributed by atoms with Gasteiger partial charge in [0.05, 0.1) is 6.04 Å². The van der Waals surface area contributed by atoms with Crippen molar-refractivity contribution in [3.63, 3.8) is 0 Å². The van der Waals surface area contributed by atoms with Crippen LogP contribution in [0.3, 0.4) is 0 Å². The van der Waals surface area contributed by atoms with Crippen LogP contribution in [0, 0.1) is 34.5 Å². The van der Waals surface area contributed by atoms with Crippen LogP contribution in [0.2, 0.25) is 0 Å². The third-order valence-electron chi connectivity index (χ3n) is 10.2. The lowest BCUT2D eigenvalue weighted by atomic mass is 9.85. The second-order valence-electron chi connectivity index (χ2n) is 16.2. The predicted molar refractivity (Wildman–Crippen MR) is 179 cm³/mol. The molecule has 2 saturated carbocycles. The maximum Gasteiger partial charge on any atom is 0.331 e. The lowest BCUT2D eigenvalue weighted by molar-refractivity contribution is -0.152. The summed E-state index contributed by atoms with van der Waals surface area (Å²) in [5.74, 6) is -3.36. The predicted octanol–water partition coefficient (Wildman–Crippen LogP) is 3.07. The summed E-state index contributed by atoms with van der Waals surface area (Å²) in [5.41, 5.74) is 3.74. The van der Waals surface area contributed by atoms with Gasteiger partial charge in [-0.15, -0.1) is 0 Å². The van der Waals surface area contributed by atoms with Gasteiger partial charge in [0.15, 0.2) is 0 Å².